The zero-order chi connectivity index (χ0) is 32.6. The second kappa shape index (κ2) is 14.4. The van der Waals surface area contributed by atoms with Gasteiger partial charge in [0.1, 0.15) is 24.5 Å². The van der Waals surface area contributed by atoms with Crippen LogP contribution in [0.5, 0.6) is 17.2 Å². The monoisotopic (exact) mass is 640 g/mol. The van der Waals surface area contributed by atoms with E-state index in [1.807, 2.05) is 55.5 Å². The lowest BCUT2D eigenvalue weighted by Gasteiger charge is -2.26. The van der Waals surface area contributed by atoms with Crippen molar-refractivity contribution in [3.05, 3.63) is 124 Å². The van der Waals surface area contributed by atoms with Crippen LogP contribution in [0, 0.1) is 0 Å². The second-order valence-corrected chi connectivity index (χ2v) is 10.4. The van der Waals surface area contributed by atoms with E-state index in [1.54, 1.807) is 18.2 Å². The van der Waals surface area contributed by atoms with Crippen molar-refractivity contribution >= 4 is 47.2 Å². The van der Waals surface area contributed by atoms with Crippen LogP contribution >= 0.6 is 11.6 Å². The molecule has 0 bridgehead atoms. The number of esters is 1. The van der Waals surface area contributed by atoms with E-state index in [9.17, 15) is 19.2 Å². The predicted octanol–water partition coefficient (Wildman–Crippen LogP) is 6.35. The molecular formula is C35H29ClN2O8. The molecule has 1 N–H and O–H groups in total. The van der Waals surface area contributed by atoms with Gasteiger partial charge in [0.05, 0.1) is 25.0 Å². The standard InChI is InChI=1S/C35H29ClN2O8/c1-3-44-31-17-23(9-15-30(31)46-20-22-7-5-4-6-8-22)21-45-29-16-12-26(36)18-25(29)19-28-32(39)37-35(42)38(33(28)40)27-13-10-24(11-14-27)34(41)43-2/h4-19H,3,20-21H2,1-2H3,(H,37,39,42)/b28-19-. The van der Waals surface area contributed by atoms with Gasteiger partial charge in [-0.1, -0.05) is 48.0 Å². The smallest absolute Gasteiger partial charge is 0.337 e. The van der Waals surface area contributed by atoms with Crippen molar-refractivity contribution in [1.82, 2.24) is 5.32 Å². The summed E-state index contributed by atoms with van der Waals surface area (Å²) < 4.78 is 22.6. The number of benzene rings is 4. The molecule has 1 fully saturated rings. The molecule has 46 heavy (non-hydrogen) atoms. The van der Waals surface area contributed by atoms with Gasteiger partial charge in [0, 0.05) is 10.6 Å². The molecule has 1 saturated heterocycles. The highest BCUT2D eigenvalue weighted by Gasteiger charge is 2.37. The number of amides is 4. The van der Waals surface area contributed by atoms with Crippen molar-refractivity contribution in [2.75, 3.05) is 18.6 Å². The van der Waals surface area contributed by atoms with Crippen LogP contribution < -0.4 is 24.4 Å². The molecule has 4 amide bonds. The minimum atomic E-state index is -0.929. The van der Waals surface area contributed by atoms with Crippen LogP contribution in [0.3, 0.4) is 0 Å². The number of urea groups is 1. The summed E-state index contributed by atoms with van der Waals surface area (Å²) in [7, 11) is 1.24. The van der Waals surface area contributed by atoms with Gasteiger partial charge in [-0.25, -0.2) is 14.5 Å². The Hall–Kier alpha value is -5.61. The molecule has 1 heterocycles. The lowest BCUT2D eigenvalue weighted by molar-refractivity contribution is -0.122. The average Bonchev–Trinajstić information content (AvgIpc) is 3.06. The van der Waals surface area contributed by atoms with Gasteiger partial charge in [-0.2, -0.15) is 0 Å². The first kappa shape index (κ1) is 31.8. The average molecular weight is 641 g/mol. The highest BCUT2D eigenvalue weighted by molar-refractivity contribution is 6.39. The summed E-state index contributed by atoms with van der Waals surface area (Å²) in [6.07, 6.45) is 1.31. The van der Waals surface area contributed by atoms with Gasteiger partial charge in [-0.15, -0.1) is 0 Å². The van der Waals surface area contributed by atoms with E-state index in [4.69, 9.17) is 30.5 Å². The lowest BCUT2D eigenvalue weighted by Crippen LogP contribution is -2.54. The molecule has 5 rings (SSSR count). The normalized spacial score (nSPS) is 13.8. The fourth-order valence-corrected chi connectivity index (χ4v) is 4.78. The van der Waals surface area contributed by atoms with E-state index in [0.29, 0.717) is 41.0 Å². The minimum absolute atomic E-state index is 0.119. The van der Waals surface area contributed by atoms with Crippen molar-refractivity contribution in [3.63, 3.8) is 0 Å². The van der Waals surface area contributed by atoms with Gasteiger partial charge in [-0.3, -0.25) is 14.9 Å². The summed E-state index contributed by atoms with van der Waals surface area (Å²) in [5, 5.41) is 2.52. The third-order valence-electron chi connectivity index (χ3n) is 6.86. The number of anilines is 1. The molecule has 11 heteroatoms. The van der Waals surface area contributed by atoms with Gasteiger partial charge >= 0.3 is 12.0 Å². The number of methoxy groups -OCH3 is 1. The molecule has 0 aromatic heterocycles. The molecule has 4 aromatic carbocycles. The number of rotatable bonds is 11. The zero-order valence-corrected chi connectivity index (χ0v) is 25.7. The van der Waals surface area contributed by atoms with Gasteiger partial charge in [0.2, 0.25) is 0 Å². The fraction of sp³-hybridized carbons (Fsp3) is 0.143. The molecule has 234 valence electrons. The number of imide groups is 2. The second-order valence-electron chi connectivity index (χ2n) is 9.96. The summed E-state index contributed by atoms with van der Waals surface area (Å²) in [5.74, 6) is -0.829. The van der Waals surface area contributed by atoms with Crippen molar-refractivity contribution in [2.24, 2.45) is 0 Å². The summed E-state index contributed by atoms with van der Waals surface area (Å²) in [4.78, 5) is 51.6. The molecule has 0 spiro atoms. The molecular weight excluding hydrogens is 612 g/mol. The van der Waals surface area contributed by atoms with E-state index in [0.717, 1.165) is 16.0 Å². The zero-order valence-electron chi connectivity index (χ0n) is 25.0. The van der Waals surface area contributed by atoms with Crippen molar-refractivity contribution < 1.29 is 38.1 Å². The van der Waals surface area contributed by atoms with Crippen LogP contribution in [-0.2, 0) is 27.5 Å². The Morgan fingerprint density at radius 2 is 1.50 bits per heavy atom. The molecule has 4 aromatic rings. The highest BCUT2D eigenvalue weighted by atomic mass is 35.5. The largest absolute Gasteiger partial charge is 0.490 e. The van der Waals surface area contributed by atoms with Crippen LogP contribution in [0.2, 0.25) is 5.02 Å². The minimum Gasteiger partial charge on any atom is -0.490 e. The van der Waals surface area contributed by atoms with E-state index >= 15 is 0 Å². The number of carbonyl (C=O) groups is 4. The predicted molar refractivity (Wildman–Crippen MR) is 171 cm³/mol. The molecule has 10 nitrogen and oxygen atoms in total. The van der Waals surface area contributed by atoms with E-state index in [2.05, 4.69) is 5.32 Å². The van der Waals surface area contributed by atoms with Crippen molar-refractivity contribution in [2.45, 2.75) is 20.1 Å². The number of nitrogens with zero attached hydrogens (tertiary/aromatic N) is 1. The number of hydrogen-bond donors (Lipinski definition) is 1. The Morgan fingerprint density at radius 1 is 0.804 bits per heavy atom. The van der Waals surface area contributed by atoms with E-state index in [-0.39, 0.29) is 23.4 Å². The molecule has 1 aliphatic heterocycles. The Balaban J connectivity index is 1.36. The first-order valence-electron chi connectivity index (χ1n) is 14.2. The summed E-state index contributed by atoms with van der Waals surface area (Å²) in [6.45, 7) is 2.82. The van der Waals surface area contributed by atoms with Gasteiger partial charge < -0.3 is 18.9 Å². The maximum atomic E-state index is 13.5. The quantitative estimate of drug-likeness (QED) is 0.114. The maximum Gasteiger partial charge on any atom is 0.337 e. The van der Waals surface area contributed by atoms with Crippen LogP contribution in [0.1, 0.15) is 34.0 Å². The van der Waals surface area contributed by atoms with Gasteiger partial charge in [-0.05, 0) is 78.7 Å². The van der Waals surface area contributed by atoms with Gasteiger partial charge in [0.25, 0.3) is 11.8 Å². The fourth-order valence-electron chi connectivity index (χ4n) is 4.60. The summed E-state index contributed by atoms with van der Waals surface area (Å²) >= 11 is 6.27. The Kier molecular flexibility index (Phi) is 9.99. The van der Waals surface area contributed by atoms with Crippen LogP contribution in [0.4, 0.5) is 10.5 Å². The third-order valence-corrected chi connectivity index (χ3v) is 7.09. The lowest BCUT2D eigenvalue weighted by atomic mass is 10.1. The van der Waals surface area contributed by atoms with Gasteiger partial charge in [0.15, 0.2) is 11.5 Å². The van der Waals surface area contributed by atoms with E-state index in [1.165, 1.54) is 37.5 Å². The molecule has 0 unspecified atom stereocenters. The van der Waals surface area contributed by atoms with Crippen molar-refractivity contribution in [1.29, 1.82) is 0 Å². The molecule has 0 saturated carbocycles. The molecule has 1 aliphatic rings. The first-order valence-corrected chi connectivity index (χ1v) is 14.6. The Bertz CT molecular complexity index is 1810. The number of ether oxygens (including phenoxy) is 4. The molecule has 0 atom stereocenters. The number of halogens is 1. The molecule has 0 aliphatic carbocycles. The highest BCUT2D eigenvalue weighted by Crippen LogP contribution is 2.32. The number of nitrogens with one attached hydrogen (secondary N) is 1. The number of barbiturate groups is 1. The SMILES string of the molecule is CCOc1cc(COc2ccc(Cl)cc2/C=C2/C(=O)NC(=O)N(c3ccc(C(=O)OC)cc3)C2=O)ccc1OCc1ccccc1. The van der Waals surface area contributed by atoms with Crippen molar-refractivity contribution in [3.8, 4) is 17.2 Å². The number of carbonyl (C=O) groups excluding carboxylic acids is 4. The topological polar surface area (TPSA) is 120 Å². The van der Waals surface area contributed by atoms with Crippen LogP contribution in [0.25, 0.3) is 6.08 Å². The number of hydrogen-bond acceptors (Lipinski definition) is 8. The summed E-state index contributed by atoms with van der Waals surface area (Å²) in [6, 6.07) is 24.7. The first-order chi connectivity index (χ1) is 22.3. The van der Waals surface area contributed by atoms with Crippen LogP contribution in [0.15, 0.2) is 96.6 Å². The Labute approximate surface area is 270 Å². The Morgan fingerprint density at radius 3 is 2.22 bits per heavy atom. The molecule has 0 radical (unpaired) electrons. The third kappa shape index (κ3) is 7.36. The van der Waals surface area contributed by atoms with E-state index < -0.39 is 23.8 Å². The van der Waals surface area contributed by atoms with Crippen LogP contribution in [-0.4, -0.2) is 37.5 Å². The summed E-state index contributed by atoms with van der Waals surface area (Å²) in [5.41, 5.74) is 2.21. The maximum absolute atomic E-state index is 13.5.